The van der Waals surface area contributed by atoms with E-state index >= 15 is 0 Å². The quantitative estimate of drug-likeness (QED) is 0.164. The third-order valence-electron chi connectivity index (χ3n) is 7.79. The van der Waals surface area contributed by atoms with Crippen LogP contribution in [0.3, 0.4) is 0 Å². The van der Waals surface area contributed by atoms with E-state index in [9.17, 15) is 14.4 Å². The largest absolute Gasteiger partial charge is 0.426 e. The molecule has 0 saturated heterocycles. The number of amides is 2. The topological polar surface area (TPSA) is 66.9 Å². The highest BCUT2D eigenvalue weighted by Crippen LogP contribution is 2.38. The lowest BCUT2D eigenvalue weighted by Crippen LogP contribution is -2.40. The molecule has 0 spiro atoms. The van der Waals surface area contributed by atoms with Gasteiger partial charge >= 0.3 is 5.97 Å². The maximum absolute atomic E-state index is 13.7. The van der Waals surface area contributed by atoms with E-state index in [2.05, 4.69) is 18.7 Å². The maximum atomic E-state index is 13.7. The van der Waals surface area contributed by atoms with Crippen LogP contribution in [0, 0.1) is 5.92 Å². The van der Waals surface area contributed by atoms with Gasteiger partial charge in [-0.3, -0.25) is 14.4 Å². The summed E-state index contributed by atoms with van der Waals surface area (Å²) in [6, 6.07) is 16.3. The predicted octanol–water partition coefficient (Wildman–Crippen LogP) is 7.14. The minimum atomic E-state index is -0.338. The Morgan fingerprint density at radius 2 is 1.50 bits per heavy atom. The molecule has 0 N–H and O–H groups in total. The lowest BCUT2D eigenvalue weighted by molar-refractivity contribution is -0.138. The molecule has 6 heteroatoms. The second kappa shape index (κ2) is 11.4. The van der Waals surface area contributed by atoms with Crippen LogP contribution in [0.1, 0.15) is 85.9 Å². The fraction of sp³-hybridized carbons (Fsp3) is 0.406. The lowest BCUT2D eigenvalue weighted by atomic mass is 9.92. The van der Waals surface area contributed by atoms with Crippen molar-refractivity contribution in [2.75, 3.05) is 22.9 Å². The minimum absolute atomic E-state index is 0.0401. The van der Waals surface area contributed by atoms with E-state index in [0.717, 1.165) is 80.9 Å². The second-order valence-corrected chi connectivity index (χ2v) is 10.4. The highest BCUT2D eigenvalue weighted by Gasteiger charge is 2.35. The molecule has 1 saturated carbocycles. The maximum Gasteiger partial charge on any atom is 0.314 e. The number of benzene rings is 3. The summed E-state index contributed by atoms with van der Waals surface area (Å²) < 4.78 is 5.56. The van der Waals surface area contributed by atoms with Crippen LogP contribution in [0.4, 0.5) is 11.4 Å². The molecule has 1 fully saturated rings. The summed E-state index contributed by atoms with van der Waals surface area (Å²) in [5.41, 5.74) is 2.60. The number of esters is 1. The number of anilines is 2. The zero-order valence-electron chi connectivity index (χ0n) is 22.4. The Bertz CT molecular complexity index is 1310. The molecular formula is C32H36N2O4. The molecule has 1 aliphatic carbocycles. The highest BCUT2D eigenvalue weighted by atomic mass is 16.5. The average Bonchev–Trinajstić information content (AvgIpc) is 3.48. The van der Waals surface area contributed by atoms with Crippen molar-refractivity contribution in [3.8, 4) is 5.75 Å². The summed E-state index contributed by atoms with van der Waals surface area (Å²) in [5.74, 6) is -0.497. The third-order valence-corrected chi connectivity index (χ3v) is 7.79. The number of ether oxygens (including phenoxy) is 1. The Morgan fingerprint density at radius 3 is 2.13 bits per heavy atom. The predicted molar refractivity (Wildman–Crippen MR) is 151 cm³/mol. The fourth-order valence-electron chi connectivity index (χ4n) is 5.67. The van der Waals surface area contributed by atoms with Gasteiger partial charge in [-0.25, -0.2) is 4.90 Å². The molecule has 1 heterocycles. The van der Waals surface area contributed by atoms with Gasteiger partial charge < -0.3 is 9.64 Å². The first-order valence-electron chi connectivity index (χ1n) is 14.0. The molecule has 1 aliphatic heterocycles. The molecule has 198 valence electrons. The van der Waals surface area contributed by atoms with Crippen molar-refractivity contribution in [2.45, 2.75) is 65.2 Å². The molecule has 0 aromatic heterocycles. The van der Waals surface area contributed by atoms with Crippen LogP contribution in [0.5, 0.6) is 5.75 Å². The van der Waals surface area contributed by atoms with Gasteiger partial charge in [-0.05, 0) is 68.1 Å². The average molecular weight is 513 g/mol. The monoisotopic (exact) mass is 512 g/mol. The second-order valence-electron chi connectivity index (χ2n) is 10.4. The van der Waals surface area contributed by atoms with Gasteiger partial charge in [0.1, 0.15) is 5.75 Å². The third kappa shape index (κ3) is 4.92. The van der Waals surface area contributed by atoms with Crippen LogP contribution < -0.4 is 14.5 Å². The molecule has 2 amide bonds. The van der Waals surface area contributed by atoms with E-state index < -0.39 is 0 Å². The van der Waals surface area contributed by atoms with Crippen molar-refractivity contribution in [3.63, 3.8) is 0 Å². The van der Waals surface area contributed by atoms with E-state index in [1.807, 2.05) is 24.3 Å². The first-order chi connectivity index (χ1) is 18.5. The Morgan fingerprint density at radius 1 is 0.868 bits per heavy atom. The number of carbonyl (C=O) groups excluding carboxylic acids is 3. The number of rotatable bonds is 10. The van der Waals surface area contributed by atoms with Crippen molar-refractivity contribution < 1.29 is 19.1 Å². The van der Waals surface area contributed by atoms with Gasteiger partial charge in [0.15, 0.2) is 0 Å². The van der Waals surface area contributed by atoms with Crippen molar-refractivity contribution in [1.29, 1.82) is 0 Å². The molecule has 0 radical (unpaired) electrons. The number of hydrogen-bond acceptors (Lipinski definition) is 5. The minimum Gasteiger partial charge on any atom is -0.426 e. The zero-order chi connectivity index (χ0) is 26.6. The van der Waals surface area contributed by atoms with Gasteiger partial charge in [0.25, 0.3) is 11.8 Å². The Kier molecular flexibility index (Phi) is 7.77. The summed E-state index contributed by atoms with van der Waals surface area (Å²) in [6.07, 6.45) is 8.24. The number of imide groups is 1. The van der Waals surface area contributed by atoms with Crippen LogP contribution in [0.2, 0.25) is 0 Å². The van der Waals surface area contributed by atoms with Crippen molar-refractivity contribution in [3.05, 3.63) is 65.7 Å². The SMILES string of the molecule is CCCCN(CCCC)c1ccc2c3c(cccc13)C(=O)N(c1ccc(OC(=O)C3CCCC3)cc1)C2=O. The van der Waals surface area contributed by atoms with Crippen molar-refractivity contribution >= 4 is 39.9 Å². The van der Waals surface area contributed by atoms with Crippen molar-refractivity contribution in [2.24, 2.45) is 5.92 Å². The summed E-state index contributed by atoms with van der Waals surface area (Å²) in [7, 11) is 0. The van der Waals surface area contributed by atoms with E-state index in [-0.39, 0.29) is 23.7 Å². The molecule has 6 nitrogen and oxygen atoms in total. The summed E-state index contributed by atoms with van der Waals surface area (Å²) in [6.45, 7) is 6.27. The van der Waals surface area contributed by atoms with Gasteiger partial charge in [0.05, 0.1) is 11.6 Å². The molecule has 0 bridgehead atoms. The van der Waals surface area contributed by atoms with Crippen LogP contribution in [0.25, 0.3) is 10.8 Å². The van der Waals surface area contributed by atoms with Crippen molar-refractivity contribution in [1.82, 2.24) is 0 Å². The van der Waals surface area contributed by atoms with Crippen LogP contribution in [-0.2, 0) is 4.79 Å². The number of unbranched alkanes of at least 4 members (excludes halogenated alkanes) is 2. The Labute approximate surface area is 224 Å². The molecule has 2 aliphatic rings. The van der Waals surface area contributed by atoms with E-state index in [0.29, 0.717) is 22.6 Å². The van der Waals surface area contributed by atoms with Gasteiger partial charge in [-0.15, -0.1) is 0 Å². The lowest BCUT2D eigenvalue weighted by Gasteiger charge is -2.31. The number of carbonyl (C=O) groups is 3. The van der Waals surface area contributed by atoms with Crippen LogP contribution in [-0.4, -0.2) is 30.9 Å². The molecule has 0 unspecified atom stereocenters. The first-order valence-corrected chi connectivity index (χ1v) is 14.0. The number of nitrogens with zero attached hydrogens (tertiary/aromatic N) is 2. The molecule has 38 heavy (non-hydrogen) atoms. The van der Waals surface area contributed by atoms with Gasteiger partial charge in [-0.2, -0.15) is 0 Å². The first kappa shape index (κ1) is 26.0. The standard InChI is InChI=1S/C32H36N2O4/c1-3-5-20-33(21-6-4-2)28-19-18-27-29-25(28)12-9-13-26(29)30(35)34(31(27)36)23-14-16-24(17-15-23)38-32(37)22-10-7-8-11-22/h9,12-19,22H,3-8,10-11,20-21H2,1-2H3. The van der Waals surface area contributed by atoms with Gasteiger partial charge in [0, 0.05) is 40.7 Å². The normalized spacial score (nSPS) is 15.4. The Balaban J connectivity index is 1.45. The van der Waals surface area contributed by atoms with E-state index in [4.69, 9.17) is 4.74 Å². The van der Waals surface area contributed by atoms with Crippen LogP contribution >= 0.6 is 0 Å². The summed E-state index contributed by atoms with van der Waals surface area (Å²) in [4.78, 5) is 43.4. The fourth-order valence-corrected chi connectivity index (χ4v) is 5.67. The molecular weight excluding hydrogens is 476 g/mol. The molecule has 3 aromatic carbocycles. The highest BCUT2D eigenvalue weighted by molar-refractivity contribution is 6.36. The zero-order valence-corrected chi connectivity index (χ0v) is 22.4. The Hall–Kier alpha value is -3.67. The number of hydrogen-bond donors (Lipinski definition) is 0. The molecule has 3 aromatic rings. The van der Waals surface area contributed by atoms with Gasteiger partial charge in [-0.1, -0.05) is 51.7 Å². The summed E-state index contributed by atoms with van der Waals surface area (Å²) in [5, 5.41) is 1.68. The van der Waals surface area contributed by atoms with Gasteiger partial charge in [0.2, 0.25) is 0 Å². The van der Waals surface area contributed by atoms with Crippen LogP contribution in [0.15, 0.2) is 54.6 Å². The van der Waals surface area contributed by atoms with E-state index in [1.54, 1.807) is 30.3 Å². The molecule has 0 atom stereocenters. The molecule has 5 rings (SSSR count). The van der Waals surface area contributed by atoms with E-state index in [1.165, 1.54) is 4.90 Å². The smallest absolute Gasteiger partial charge is 0.314 e. The summed E-state index contributed by atoms with van der Waals surface area (Å²) >= 11 is 0.